The summed E-state index contributed by atoms with van der Waals surface area (Å²) in [5.74, 6) is -0.265. The summed E-state index contributed by atoms with van der Waals surface area (Å²) in [6, 6.07) is 7.94. The van der Waals surface area contributed by atoms with Gasteiger partial charge in [-0.1, -0.05) is 29.8 Å². The molecule has 1 aromatic carbocycles. The molecule has 1 N–H and O–H groups in total. The standard InChI is InChI=1S/C17H20N2O2/c1-12-6-5-9-19(2)16(12)11-21-17(20)14-10-18-15-8-4-3-7-13(14)15/h3-4,6-8,10,16,18H,5,9,11H2,1-2H3. The molecular formula is C17H20N2O2. The summed E-state index contributed by atoms with van der Waals surface area (Å²) in [7, 11) is 2.07. The zero-order chi connectivity index (χ0) is 14.8. The van der Waals surface area contributed by atoms with Crippen molar-refractivity contribution >= 4 is 16.9 Å². The Bertz CT molecular complexity index is 687. The van der Waals surface area contributed by atoms with Gasteiger partial charge in [0.2, 0.25) is 0 Å². The van der Waals surface area contributed by atoms with E-state index in [0.717, 1.165) is 23.9 Å². The van der Waals surface area contributed by atoms with Crippen molar-refractivity contribution in [1.82, 2.24) is 9.88 Å². The van der Waals surface area contributed by atoms with E-state index in [-0.39, 0.29) is 12.0 Å². The summed E-state index contributed by atoms with van der Waals surface area (Å²) >= 11 is 0. The predicted molar refractivity (Wildman–Crippen MR) is 83.4 cm³/mol. The number of esters is 1. The molecular weight excluding hydrogens is 264 g/mol. The van der Waals surface area contributed by atoms with Crippen LogP contribution >= 0.6 is 0 Å². The normalized spacial score (nSPS) is 19.5. The van der Waals surface area contributed by atoms with Gasteiger partial charge < -0.3 is 9.72 Å². The number of hydrogen-bond acceptors (Lipinski definition) is 3. The first kappa shape index (κ1) is 13.9. The zero-order valence-corrected chi connectivity index (χ0v) is 12.4. The van der Waals surface area contributed by atoms with Crippen molar-refractivity contribution in [1.29, 1.82) is 0 Å². The highest BCUT2D eigenvalue weighted by molar-refractivity contribution is 6.03. The molecule has 0 fully saturated rings. The maximum atomic E-state index is 12.3. The number of H-pyrrole nitrogens is 1. The second-order valence-electron chi connectivity index (χ2n) is 5.58. The Hall–Kier alpha value is -2.07. The number of nitrogens with one attached hydrogen (secondary N) is 1. The number of hydrogen-bond donors (Lipinski definition) is 1. The van der Waals surface area contributed by atoms with E-state index in [2.05, 4.69) is 29.9 Å². The molecule has 0 saturated carbocycles. The van der Waals surface area contributed by atoms with Crippen LogP contribution in [0.1, 0.15) is 23.7 Å². The minimum Gasteiger partial charge on any atom is -0.460 e. The van der Waals surface area contributed by atoms with Crippen molar-refractivity contribution in [2.24, 2.45) is 0 Å². The zero-order valence-electron chi connectivity index (χ0n) is 12.4. The number of carbonyl (C=O) groups is 1. The summed E-state index contributed by atoms with van der Waals surface area (Å²) < 4.78 is 5.53. The molecule has 3 rings (SSSR count). The van der Waals surface area contributed by atoms with Gasteiger partial charge in [-0.25, -0.2) is 4.79 Å². The minimum absolute atomic E-state index is 0.188. The monoisotopic (exact) mass is 284 g/mol. The highest BCUT2D eigenvalue weighted by Gasteiger charge is 2.22. The third kappa shape index (κ3) is 2.72. The number of nitrogens with zero attached hydrogens (tertiary/aromatic N) is 1. The van der Waals surface area contributed by atoms with E-state index in [1.54, 1.807) is 6.20 Å². The lowest BCUT2D eigenvalue weighted by atomic mass is 10.0. The minimum atomic E-state index is -0.265. The van der Waals surface area contributed by atoms with Crippen molar-refractivity contribution in [3.05, 3.63) is 47.7 Å². The summed E-state index contributed by atoms with van der Waals surface area (Å²) in [6.45, 7) is 3.50. The van der Waals surface area contributed by atoms with Crippen LogP contribution in [0.3, 0.4) is 0 Å². The van der Waals surface area contributed by atoms with E-state index in [9.17, 15) is 4.79 Å². The fourth-order valence-electron chi connectivity index (χ4n) is 2.87. The lowest BCUT2D eigenvalue weighted by Crippen LogP contribution is -2.40. The lowest BCUT2D eigenvalue weighted by Gasteiger charge is -2.31. The van der Waals surface area contributed by atoms with E-state index in [1.807, 2.05) is 24.3 Å². The Kier molecular flexibility index (Phi) is 3.80. The molecule has 110 valence electrons. The van der Waals surface area contributed by atoms with E-state index >= 15 is 0 Å². The summed E-state index contributed by atoms with van der Waals surface area (Å²) in [5.41, 5.74) is 2.83. The molecule has 2 heterocycles. The highest BCUT2D eigenvalue weighted by atomic mass is 16.5. The van der Waals surface area contributed by atoms with Crippen LogP contribution in [0.5, 0.6) is 0 Å². The number of para-hydroxylation sites is 1. The molecule has 1 aliphatic rings. The third-order valence-electron chi connectivity index (χ3n) is 4.19. The third-order valence-corrected chi connectivity index (χ3v) is 4.19. The van der Waals surface area contributed by atoms with Gasteiger partial charge in [-0.05, 0) is 26.5 Å². The Labute approximate surface area is 124 Å². The van der Waals surface area contributed by atoms with Crippen LogP contribution in [0.25, 0.3) is 10.9 Å². The molecule has 2 aromatic rings. The van der Waals surface area contributed by atoms with Crippen LogP contribution in [0.2, 0.25) is 0 Å². The van der Waals surface area contributed by atoms with Crippen LogP contribution in [0, 0.1) is 0 Å². The number of ether oxygens (including phenoxy) is 1. The number of likely N-dealkylation sites (N-methyl/N-ethyl adjacent to an activating group) is 1. The number of carbonyl (C=O) groups excluding carboxylic acids is 1. The van der Waals surface area contributed by atoms with Gasteiger partial charge in [-0.3, -0.25) is 4.90 Å². The molecule has 1 aliphatic heterocycles. The largest absolute Gasteiger partial charge is 0.460 e. The maximum absolute atomic E-state index is 12.3. The number of rotatable bonds is 3. The average molecular weight is 284 g/mol. The fraction of sp³-hybridized carbons (Fsp3) is 0.353. The second-order valence-corrected chi connectivity index (χ2v) is 5.58. The van der Waals surface area contributed by atoms with Gasteiger partial charge in [0.15, 0.2) is 0 Å². The van der Waals surface area contributed by atoms with Crippen molar-refractivity contribution in [3.8, 4) is 0 Å². The van der Waals surface area contributed by atoms with Gasteiger partial charge in [-0.2, -0.15) is 0 Å². The molecule has 1 unspecified atom stereocenters. The van der Waals surface area contributed by atoms with Crippen molar-refractivity contribution in [3.63, 3.8) is 0 Å². The van der Waals surface area contributed by atoms with Crippen molar-refractivity contribution in [2.45, 2.75) is 19.4 Å². The summed E-state index contributed by atoms with van der Waals surface area (Å²) in [6.07, 6.45) is 5.01. The quantitative estimate of drug-likeness (QED) is 0.696. The van der Waals surface area contributed by atoms with Crippen LogP contribution in [0.4, 0.5) is 0 Å². The molecule has 0 saturated heterocycles. The van der Waals surface area contributed by atoms with Crippen LogP contribution in [-0.2, 0) is 4.74 Å². The van der Waals surface area contributed by atoms with Gasteiger partial charge in [0.05, 0.1) is 11.6 Å². The predicted octanol–water partition coefficient (Wildman–Crippen LogP) is 2.98. The Morgan fingerprint density at radius 1 is 1.43 bits per heavy atom. The average Bonchev–Trinajstić information content (AvgIpc) is 2.90. The molecule has 0 bridgehead atoms. The maximum Gasteiger partial charge on any atom is 0.340 e. The topological polar surface area (TPSA) is 45.3 Å². The van der Waals surface area contributed by atoms with E-state index in [1.165, 1.54) is 5.57 Å². The second kappa shape index (κ2) is 5.74. The molecule has 0 aliphatic carbocycles. The Morgan fingerprint density at radius 2 is 2.24 bits per heavy atom. The highest BCUT2D eigenvalue weighted by Crippen LogP contribution is 2.20. The first-order valence-electron chi connectivity index (χ1n) is 7.27. The lowest BCUT2D eigenvalue weighted by molar-refractivity contribution is 0.0410. The van der Waals surface area contributed by atoms with E-state index in [4.69, 9.17) is 4.74 Å². The Morgan fingerprint density at radius 3 is 3.05 bits per heavy atom. The first-order valence-corrected chi connectivity index (χ1v) is 7.27. The number of aromatic nitrogens is 1. The van der Waals surface area contributed by atoms with E-state index < -0.39 is 0 Å². The van der Waals surface area contributed by atoms with Crippen molar-refractivity contribution in [2.75, 3.05) is 20.2 Å². The molecule has 1 atom stereocenters. The van der Waals surface area contributed by atoms with E-state index in [0.29, 0.717) is 12.2 Å². The first-order chi connectivity index (χ1) is 10.2. The SMILES string of the molecule is CC1=CCCN(C)C1COC(=O)c1c[nH]c2ccccc12. The van der Waals surface area contributed by atoms with Crippen molar-refractivity contribution < 1.29 is 9.53 Å². The molecule has 0 spiro atoms. The summed E-state index contributed by atoms with van der Waals surface area (Å²) in [4.78, 5) is 17.6. The summed E-state index contributed by atoms with van der Waals surface area (Å²) in [5, 5.41) is 0.909. The number of fused-ring (bicyclic) bond motifs is 1. The van der Waals surface area contributed by atoms with Gasteiger partial charge in [0, 0.05) is 23.6 Å². The fourth-order valence-corrected chi connectivity index (χ4v) is 2.87. The van der Waals surface area contributed by atoms with Gasteiger partial charge >= 0.3 is 5.97 Å². The van der Waals surface area contributed by atoms with Gasteiger partial charge in [0.1, 0.15) is 6.61 Å². The number of aromatic amines is 1. The molecule has 1 aromatic heterocycles. The van der Waals surface area contributed by atoms with Gasteiger partial charge in [-0.15, -0.1) is 0 Å². The Balaban J connectivity index is 1.72. The molecule has 4 nitrogen and oxygen atoms in total. The molecule has 21 heavy (non-hydrogen) atoms. The molecule has 0 amide bonds. The smallest absolute Gasteiger partial charge is 0.340 e. The molecule has 0 radical (unpaired) electrons. The van der Waals surface area contributed by atoms with Crippen LogP contribution in [-0.4, -0.2) is 42.1 Å². The van der Waals surface area contributed by atoms with Gasteiger partial charge in [0.25, 0.3) is 0 Å². The van der Waals surface area contributed by atoms with Crippen LogP contribution < -0.4 is 0 Å². The number of benzene rings is 1. The molecule has 4 heteroatoms. The van der Waals surface area contributed by atoms with Crippen LogP contribution in [0.15, 0.2) is 42.1 Å².